The van der Waals surface area contributed by atoms with Gasteiger partial charge in [-0.1, -0.05) is 29.8 Å². The van der Waals surface area contributed by atoms with Gasteiger partial charge in [0, 0.05) is 25.0 Å². The zero-order valence-electron chi connectivity index (χ0n) is 14.4. The largest absolute Gasteiger partial charge is 0.491 e. The Labute approximate surface area is 157 Å². The zero-order valence-corrected chi connectivity index (χ0v) is 15.2. The summed E-state index contributed by atoms with van der Waals surface area (Å²) in [7, 11) is 1.49. The lowest BCUT2D eigenvalue weighted by Gasteiger charge is -2.27. The van der Waals surface area contributed by atoms with Crippen molar-refractivity contribution >= 4 is 28.9 Å². The molecule has 0 bridgehead atoms. The van der Waals surface area contributed by atoms with Crippen molar-refractivity contribution in [3.63, 3.8) is 0 Å². The Morgan fingerprint density at radius 3 is 2.69 bits per heavy atom. The number of anilines is 2. The van der Waals surface area contributed by atoms with Gasteiger partial charge in [-0.2, -0.15) is 4.98 Å². The maximum Gasteiger partial charge on any atom is 0.227 e. The van der Waals surface area contributed by atoms with Crippen LogP contribution in [0.5, 0.6) is 5.75 Å². The Balaban J connectivity index is 1.82. The second-order valence-corrected chi connectivity index (χ2v) is 5.91. The summed E-state index contributed by atoms with van der Waals surface area (Å²) in [5.74, 6) is 0.765. The summed E-state index contributed by atoms with van der Waals surface area (Å²) in [5.41, 5.74) is 1.45. The summed E-state index contributed by atoms with van der Waals surface area (Å²) in [4.78, 5) is 10.8. The first-order valence-electron chi connectivity index (χ1n) is 8.20. The fourth-order valence-electron chi connectivity index (χ4n) is 2.51. The van der Waals surface area contributed by atoms with Crippen molar-refractivity contribution < 1.29 is 9.47 Å². The van der Waals surface area contributed by atoms with Gasteiger partial charge in [-0.25, -0.2) is 4.98 Å². The van der Waals surface area contributed by atoms with Gasteiger partial charge >= 0.3 is 0 Å². The van der Waals surface area contributed by atoms with Crippen molar-refractivity contribution in [1.82, 2.24) is 9.97 Å². The van der Waals surface area contributed by atoms with E-state index in [9.17, 15) is 0 Å². The zero-order chi connectivity index (χ0) is 18.4. The molecule has 1 aliphatic rings. The highest BCUT2D eigenvalue weighted by Crippen LogP contribution is 2.28. The number of benzene rings is 1. The molecule has 1 fully saturated rings. The second kappa shape index (κ2) is 8.64. The summed E-state index contributed by atoms with van der Waals surface area (Å²) in [6.45, 7) is 2.59. The molecule has 0 spiro atoms. The molecule has 0 aliphatic carbocycles. The minimum absolute atomic E-state index is 0.170. The molecule has 26 heavy (non-hydrogen) atoms. The second-order valence-electron chi connectivity index (χ2n) is 5.55. The van der Waals surface area contributed by atoms with E-state index >= 15 is 0 Å². The van der Waals surface area contributed by atoms with Crippen molar-refractivity contribution in [2.24, 2.45) is 0 Å². The number of hydrogen-bond donors (Lipinski definition) is 2. The van der Waals surface area contributed by atoms with Crippen molar-refractivity contribution in [2.75, 3.05) is 43.6 Å². The molecule has 1 aromatic carbocycles. The SMILES string of the molecule is COc1c(Cl)nc(N2CCOCC2)nc1C(=N)/C=C\Nc1ccccc1. The fraction of sp³-hybridized carbons (Fsp3) is 0.278. The maximum absolute atomic E-state index is 8.35. The molecule has 1 aromatic heterocycles. The van der Waals surface area contributed by atoms with Gasteiger partial charge in [-0.3, -0.25) is 5.41 Å². The van der Waals surface area contributed by atoms with Crippen LogP contribution in [0.4, 0.5) is 11.6 Å². The predicted octanol–water partition coefficient (Wildman–Crippen LogP) is 2.97. The van der Waals surface area contributed by atoms with E-state index in [0.717, 1.165) is 5.69 Å². The number of hydrogen-bond acceptors (Lipinski definition) is 7. The Morgan fingerprint density at radius 2 is 2.00 bits per heavy atom. The van der Waals surface area contributed by atoms with Crippen molar-refractivity contribution in [2.45, 2.75) is 0 Å². The molecule has 2 heterocycles. The molecule has 136 valence electrons. The van der Waals surface area contributed by atoms with E-state index in [1.807, 2.05) is 35.2 Å². The Bertz CT molecular complexity index is 792. The third-order valence-corrected chi connectivity index (χ3v) is 4.10. The molecule has 2 aromatic rings. The number of ether oxygens (including phenoxy) is 2. The number of methoxy groups -OCH3 is 1. The maximum atomic E-state index is 8.35. The van der Waals surface area contributed by atoms with Crippen LogP contribution in [0, 0.1) is 5.41 Å². The predicted molar refractivity (Wildman–Crippen MR) is 103 cm³/mol. The number of aromatic nitrogens is 2. The number of allylic oxidation sites excluding steroid dienone is 1. The van der Waals surface area contributed by atoms with Crippen LogP contribution in [0.3, 0.4) is 0 Å². The average molecular weight is 374 g/mol. The molecule has 1 saturated heterocycles. The summed E-state index contributed by atoms with van der Waals surface area (Å²) in [6.07, 6.45) is 3.29. The highest BCUT2D eigenvalue weighted by atomic mass is 35.5. The van der Waals surface area contributed by atoms with Gasteiger partial charge in [0.05, 0.1) is 26.0 Å². The van der Waals surface area contributed by atoms with Crippen LogP contribution in [0.1, 0.15) is 5.69 Å². The van der Waals surface area contributed by atoms with Crippen molar-refractivity contribution in [3.8, 4) is 5.75 Å². The minimum atomic E-state index is 0.170. The molecule has 7 nitrogen and oxygen atoms in total. The lowest BCUT2D eigenvalue weighted by Crippen LogP contribution is -2.37. The molecule has 8 heteroatoms. The van der Waals surface area contributed by atoms with Crippen molar-refractivity contribution in [3.05, 3.63) is 53.5 Å². The van der Waals surface area contributed by atoms with Gasteiger partial charge in [-0.05, 0) is 18.2 Å². The number of nitrogens with zero attached hydrogens (tertiary/aromatic N) is 3. The number of para-hydroxylation sites is 1. The Hall–Kier alpha value is -2.64. The van der Waals surface area contributed by atoms with Gasteiger partial charge in [0.2, 0.25) is 5.95 Å². The van der Waals surface area contributed by atoms with Crippen LogP contribution in [0.2, 0.25) is 5.15 Å². The number of nitrogens with one attached hydrogen (secondary N) is 2. The number of halogens is 1. The lowest BCUT2D eigenvalue weighted by molar-refractivity contribution is 0.122. The smallest absolute Gasteiger partial charge is 0.227 e. The summed E-state index contributed by atoms with van der Waals surface area (Å²) in [6, 6.07) is 9.68. The van der Waals surface area contributed by atoms with E-state index in [1.54, 1.807) is 12.3 Å². The highest BCUT2D eigenvalue weighted by molar-refractivity contribution is 6.31. The third kappa shape index (κ3) is 4.30. The van der Waals surface area contributed by atoms with Crippen LogP contribution in [-0.2, 0) is 4.74 Å². The average Bonchev–Trinajstić information content (AvgIpc) is 2.68. The van der Waals surface area contributed by atoms with Gasteiger partial charge in [-0.15, -0.1) is 0 Å². The van der Waals surface area contributed by atoms with Gasteiger partial charge in [0.15, 0.2) is 10.9 Å². The topological polar surface area (TPSA) is 83.4 Å². The minimum Gasteiger partial charge on any atom is -0.491 e. The van der Waals surface area contributed by atoms with Gasteiger partial charge in [0.25, 0.3) is 0 Å². The third-order valence-electron chi connectivity index (χ3n) is 3.84. The normalized spacial score (nSPS) is 14.5. The summed E-state index contributed by atoms with van der Waals surface area (Å²) >= 11 is 6.26. The van der Waals surface area contributed by atoms with E-state index in [4.69, 9.17) is 26.5 Å². The molecule has 0 radical (unpaired) electrons. The number of rotatable bonds is 6. The summed E-state index contributed by atoms with van der Waals surface area (Å²) in [5, 5.41) is 11.6. The Kier molecular flexibility index (Phi) is 6.04. The van der Waals surface area contributed by atoms with Crippen LogP contribution >= 0.6 is 11.6 Å². The first kappa shape index (κ1) is 18.2. The summed E-state index contributed by atoms with van der Waals surface area (Å²) < 4.78 is 10.7. The molecule has 3 rings (SSSR count). The molecule has 0 saturated carbocycles. The molecular formula is C18H20ClN5O2. The first-order chi connectivity index (χ1) is 12.7. The van der Waals surface area contributed by atoms with Crippen LogP contribution in [0.15, 0.2) is 42.6 Å². The highest BCUT2D eigenvalue weighted by Gasteiger charge is 2.21. The molecular weight excluding hydrogens is 354 g/mol. The van der Waals surface area contributed by atoms with E-state index in [2.05, 4.69) is 15.3 Å². The first-order valence-corrected chi connectivity index (χ1v) is 8.58. The standard InChI is InChI=1S/C18H20ClN5O2/c1-25-16-15(14(20)7-8-21-13-5-3-2-4-6-13)22-18(23-17(16)19)24-9-11-26-12-10-24/h2-8,20-21H,9-12H2,1H3/b8-7-,20-14?. The van der Waals surface area contributed by atoms with E-state index in [1.165, 1.54) is 7.11 Å². The molecule has 2 N–H and O–H groups in total. The Morgan fingerprint density at radius 1 is 1.27 bits per heavy atom. The van der Waals surface area contributed by atoms with E-state index in [0.29, 0.717) is 37.9 Å². The van der Waals surface area contributed by atoms with E-state index < -0.39 is 0 Å². The molecule has 1 aliphatic heterocycles. The fourth-order valence-corrected chi connectivity index (χ4v) is 2.76. The van der Waals surface area contributed by atoms with E-state index in [-0.39, 0.29) is 16.6 Å². The van der Waals surface area contributed by atoms with Crippen LogP contribution in [0.25, 0.3) is 0 Å². The lowest BCUT2D eigenvalue weighted by atomic mass is 10.2. The molecule has 0 unspecified atom stereocenters. The van der Waals surface area contributed by atoms with Gasteiger partial charge in [0.1, 0.15) is 5.69 Å². The quantitative estimate of drug-likeness (QED) is 0.598. The van der Waals surface area contributed by atoms with Crippen molar-refractivity contribution in [1.29, 1.82) is 5.41 Å². The van der Waals surface area contributed by atoms with Crippen LogP contribution < -0.4 is 15.0 Å². The van der Waals surface area contributed by atoms with Crippen LogP contribution in [-0.4, -0.2) is 49.1 Å². The molecule has 0 atom stereocenters. The monoisotopic (exact) mass is 373 g/mol. The number of morpholine rings is 1. The van der Waals surface area contributed by atoms with Gasteiger partial charge < -0.3 is 19.7 Å². The molecule has 0 amide bonds.